The van der Waals surface area contributed by atoms with Crippen LogP contribution in [-0.2, 0) is 0 Å². The summed E-state index contributed by atoms with van der Waals surface area (Å²) in [6.45, 7) is 4.18. The fourth-order valence-corrected chi connectivity index (χ4v) is 1.63. The molecule has 2 nitrogen and oxygen atoms in total. The second kappa shape index (κ2) is 6.71. The molecule has 1 aromatic rings. The summed E-state index contributed by atoms with van der Waals surface area (Å²) in [6.07, 6.45) is 0.819. The SMILES string of the molecule is COc1ccc(F)cc1[C@H](N)CC(C)C.Cl. The van der Waals surface area contributed by atoms with Gasteiger partial charge in [0.05, 0.1) is 7.11 Å². The molecule has 0 aliphatic heterocycles. The van der Waals surface area contributed by atoms with Gasteiger partial charge in [0.25, 0.3) is 0 Å². The van der Waals surface area contributed by atoms with Gasteiger partial charge in [-0.1, -0.05) is 13.8 Å². The maximum atomic E-state index is 13.1. The van der Waals surface area contributed by atoms with Crippen LogP contribution in [0.3, 0.4) is 0 Å². The maximum absolute atomic E-state index is 13.1. The largest absolute Gasteiger partial charge is 0.496 e. The molecule has 0 saturated heterocycles. The van der Waals surface area contributed by atoms with Gasteiger partial charge in [-0.25, -0.2) is 4.39 Å². The van der Waals surface area contributed by atoms with Crippen LogP contribution in [0, 0.1) is 11.7 Å². The molecule has 1 atom stereocenters. The van der Waals surface area contributed by atoms with E-state index in [0.717, 1.165) is 12.0 Å². The zero-order valence-electron chi connectivity index (χ0n) is 9.87. The Hall–Kier alpha value is -0.800. The fourth-order valence-electron chi connectivity index (χ4n) is 1.63. The van der Waals surface area contributed by atoms with Gasteiger partial charge in [-0.2, -0.15) is 0 Å². The highest BCUT2D eigenvalue weighted by atomic mass is 35.5. The molecule has 0 aliphatic rings. The molecule has 0 spiro atoms. The van der Waals surface area contributed by atoms with E-state index >= 15 is 0 Å². The summed E-state index contributed by atoms with van der Waals surface area (Å²) in [5.74, 6) is 0.863. The van der Waals surface area contributed by atoms with Crippen molar-refractivity contribution in [2.75, 3.05) is 7.11 Å². The van der Waals surface area contributed by atoms with Gasteiger partial charge in [0, 0.05) is 11.6 Å². The molecule has 0 heterocycles. The quantitative estimate of drug-likeness (QED) is 0.886. The summed E-state index contributed by atoms with van der Waals surface area (Å²) in [5, 5.41) is 0. The molecule has 0 amide bonds. The standard InChI is InChI=1S/C12H18FNO.ClH/c1-8(2)6-11(14)10-7-9(13)4-5-12(10)15-3;/h4-5,7-8,11H,6,14H2,1-3H3;1H/t11-;/m1./s1. The van der Waals surface area contributed by atoms with Crippen molar-refractivity contribution in [2.45, 2.75) is 26.3 Å². The maximum Gasteiger partial charge on any atom is 0.123 e. The summed E-state index contributed by atoms with van der Waals surface area (Å²) in [5.41, 5.74) is 6.74. The van der Waals surface area contributed by atoms with Crippen LogP contribution in [0.4, 0.5) is 4.39 Å². The Kier molecular flexibility index (Phi) is 6.38. The van der Waals surface area contributed by atoms with E-state index in [9.17, 15) is 4.39 Å². The first-order chi connectivity index (χ1) is 7.04. The van der Waals surface area contributed by atoms with Crippen LogP contribution in [0.2, 0.25) is 0 Å². The molecule has 16 heavy (non-hydrogen) atoms. The van der Waals surface area contributed by atoms with Gasteiger partial charge >= 0.3 is 0 Å². The van der Waals surface area contributed by atoms with Crippen LogP contribution in [-0.4, -0.2) is 7.11 Å². The van der Waals surface area contributed by atoms with E-state index in [1.54, 1.807) is 13.2 Å². The van der Waals surface area contributed by atoms with Crippen molar-refractivity contribution in [2.24, 2.45) is 11.7 Å². The minimum Gasteiger partial charge on any atom is -0.496 e. The van der Waals surface area contributed by atoms with Gasteiger partial charge in [0.2, 0.25) is 0 Å². The lowest BCUT2D eigenvalue weighted by atomic mass is 9.97. The number of halogens is 2. The van der Waals surface area contributed by atoms with E-state index in [0.29, 0.717) is 11.7 Å². The lowest BCUT2D eigenvalue weighted by Crippen LogP contribution is -2.14. The highest BCUT2D eigenvalue weighted by Gasteiger charge is 2.14. The smallest absolute Gasteiger partial charge is 0.123 e. The summed E-state index contributed by atoms with van der Waals surface area (Å²) in [7, 11) is 1.57. The monoisotopic (exact) mass is 247 g/mol. The highest BCUT2D eigenvalue weighted by Crippen LogP contribution is 2.28. The molecule has 92 valence electrons. The van der Waals surface area contributed by atoms with Gasteiger partial charge in [-0.15, -0.1) is 12.4 Å². The Labute approximate surface area is 102 Å². The van der Waals surface area contributed by atoms with Crippen molar-refractivity contribution in [1.82, 2.24) is 0 Å². The topological polar surface area (TPSA) is 35.2 Å². The second-order valence-corrected chi connectivity index (χ2v) is 4.12. The Morgan fingerprint density at radius 3 is 2.50 bits per heavy atom. The predicted molar refractivity (Wildman–Crippen MR) is 66.6 cm³/mol. The summed E-state index contributed by atoms with van der Waals surface area (Å²) in [4.78, 5) is 0. The predicted octanol–water partition coefficient (Wildman–Crippen LogP) is 3.30. The van der Waals surface area contributed by atoms with E-state index in [4.69, 9.17) is 10.5 Å². The van der Waals surface area contributed by atoms with E-state index in [1.165, 1.54) is 12.1 Å². The lowest BCUT2D eigenvalue weighted by Gasteiger charge is -2.17. The first kappa shape index (κ1) is 15.2. The lowest BCUT2D eigenvalue weighted by molar-refractivity contribution is 0.397. The Bertz CT molecular complexity index is 331. The minimum absolute atomic E-state index is 0. The molecule has 0 radical (unpaired) electrons. The number of hydrogen-bond acceptors (Lipinski definition) is 2. The summed E-state index contributed by atoms with van der Waals surface area (Å²) >= 11 is 0. The first-order valence-corrected chi connectivity index (χ1v) is 5.13. The Balaban J connectivity index is 0.00000225. The van der Waals surface area contributed by atoms with Gasteiger partial charge in [0.15, 0.2) is 0 Å². The molecule has 0 fully saturated rings. The average molecular weight is 248 g/mol. The summed E-state index contributed by atoms with van der Waals surface area (Å²) in [6, 6.07) is 4.27. The van der Waals surface area contributed by atoms with Crippen molar-refractivity contribution in [3.8, 4) is 5.75 Å². The van der Waals surface area contributed by atoms with Crippen LogP contribution in [0.1, 0.15) is 31.9 Å². The molecule has 2 N–H and O–H groups in total. The fraction of sp³-hybridized carbons (Fsp3) is 0.500. The van der Waals surface area contributed by atoms with Gasteiger partial charge < -0.3 is 10.5 Å². The van der Waals surface area contributed by atoms with Crippen molar-refractivity contribution >= 4 is 12.4 Å². The molecule has 0 unspecified atom stereocenters. The number of methoxy groups -OCH3 is 1. The summed E-state index contributed by atoms with van der Waals surface area (Å²) < 4.78 is 18.2. The molecular weight excluding hydrogens is 229 g/mol. The number of hydrogen-bond donors (Lipinski definition) is 1. The van der Waals surface area contributed by atoms with Crippen molar-refractivity contribution in [3.63, 3.8) is 0 Å². The van der Waals surface area contributed by atoms with Crippen LogP contribution in [0.5, 0.6) is 5.75 Å². The third-order valence-electron chi connectivity index (χ3n) is 2.32. The molecular formula is C12H19ClFNO. The van der Waals surface area contributed by atoms with E-state index < -0.39 is 0 Å². The molecule has 1 rings (SSSR count). The highest BCUT2D eigenvalue weighted by molar-refractivity contribution is 5.85. The van der Waals surface area contributed by atoms with Gasteiger partial charge in [0.1, 0.15) is 11.6 Å². The van der Waals surface area contributed by atoms with Crippen molar-refractivity contribution in [1.29, 1.82) is 0 Å². The van der Waals surface area contributed by atoms with Crippen molar-refractivity contribution < 1.29 is 9.13 Å². The molecule has 0 saturated carbocycles. The molecule has 4 heteroatoms. The van der Waals surface area contributed by atoms with Crippen molar-refractivity contribution in [3.05, 3.63) is 29.6 Å². The number of ether oxygens (including phenoxy) is 1. The second-order valence-electron chi connectivity index (χ2n) is 4.12. The third kappa shape index (κ3) is 3.99. The number of nitrogens with two attached hydrogens (primary N) is 1. The number of rotatable bonds is 4. The molecule has 1 aromatic carbocycles. The number of benzene rings is 1. The van der Waals surface area contributed by atoms with E-state index in [2.05, 4.69) is 13.8 Å². The van der Waals surface area contributed by atoms with E-state index in [-0.39, 0.29) is 24.3 Å². The van der Waals surface area contributed by atoms with E-state index in [1.807, 2.05) is 0 Å². The normalized spacial score (nSPS) is 12.1. The van der Waals surface area contributed by atoms with Crippen LogP contribution >= 0.6 is 12.4 Å². The Morgan fingerprint density at radius 1 is 1.38 bits per heavy atom. The third-order valence-corrected chi connectivity index (χ3v) is 2.32. The first-order valence-electron chi connectivity index (χ1n) is 5.13. The van der Waals surface area contributed by atoms with Crippen LogP contribution in [0.25, 0.3) is 0 Å². The van der Waals surface area contributed by atoms with Gasteiger partial charge in [-0.05, 0) is 30.5 Å². The van der Waals surface area contributed by atoms with Crippen LogP contribution < -0.4 is 10.5 Å². The zero-order chi connectivity index (χ0) is 11.4. The zero-order valence-corrected chi connectivity index (χ0v) is 10.7. The Morgan fingerprint density at radius 2 is 2.00 bits per heavy atom. The minimum atomic E-state index is -0.273. The molecule has 0 aliphatic carbocycles. The van der Waals surface area contributed by atoms with Crippen LogP contribution in [0.15, 0.2) is 18.2 Å². The molecule has 0 aromatic heterocycles. The average Bonchev–Trinajstić information content (AvgIpc) is 2.16. The van der Waals surface area contributed by atoms with Gasteiger partial charge in [-0.3, -0.25) is 0 Å². The molecule has 0 bridgehead atoms.